The highest BCUT2D eigenvalue weighted by atomic mass is 16.6. The summed E-state index contributed by atoms with van der Waals surface area (Å²) in [5.74, 6) is -1.21. The Labute approximate surface area is 159 Å². The van der Waals surface area contributed by atoms with Crippen molar-refractivity contribution in [2.75, 3.05) is 0 Å². The Bertz CT molecular complexity index is 741. The Morgan fingerprint density at radius 2 is 2.07 bits per heavy atom. The molecule has 2 aliphatic carbocycles. The van der Waals surface area contributed by atoms with Crippen molar-refractivity contribution in [1.82, 2.24) is 0 Å². The van der Waals surface area contributed by atoms with E-state index in [0.29, 0.717) is 24.0 Å². The summed E-state index contributed by atoms with van der Waals surface area (Å²) in [6.45, 7) is 11.4. The fraction of sp³-hybridized carbons (Fsp3) is 0.714. The second kappa shape index (κ2) is 5.92. The molecule has 8 atom stereocenters. The van der Waals surface area contributed by atoms with Crippen molar-refractivity contribution in [1.29, 1.82) is 0 Å². The predicted octanol–water partition coefficient (Wildman–Crippen LogP) is 2.30. The van der Waals surface area contributed by atoms with Crippen molar-refractivity contribution >= 4 is 11.9 Å². The predicted molar refractivity (Wildman–Crippen MR) is 96.6 cm³/mol. The molecule has 6 heteroatoms. The SMILES string of the molecule is C=C1C(=O)OC2C1C(OC(=O)C(C)=CC)CC1(C)OC1CC(O)C1(C)CC21. The van der Waals surface area contributed by atoms with E-state index in [1.165, 1.54) is 0 Å². The standard InChI is InChI=1S/C21H28O6/c1-6-10(2)18(23)25-13-9-21(5)15(27-21)7-14(22)20(4)8-12(20)17-16(13)11(3)19(24)26-17/h6,12-17,22H,3,7-9H2,1-2,4-5H3. The van der Waals surface area contributed by atoms with E-state index in [-0.39, 0.29) is 17.4 Å². The van der Waals surface area contributed by atoms with E-state index in [9.17, 15) is 14.7 Å². The van der Waals surface area contributed by atoms with E-state index < -0.39 is 41.8 Å². The molecule has 148 valence electrons. The highest BCUT2D eigenvalue weighted by molar-refractivity contribution is 5.91. The van der Waals surface area contributed by atoms with Crippen molar-refractivity contribution in [3.63, 3.8) is 0 Å². The molecule has 4 fully saturated rings. The van der Waals surface area contributed by atoms with Gasteiger partial charge in [-0.25, -0.2) is 9.59 Å². The zero-order valence-electron chi connectivity index (χ0n) is 16.4. The summed E-state index contributed by atoms with van der Waals surface area (Å²) < 4.78 is 17.4. The van der Waals surface area contributed by atoms with Crippen LogP contribution in [-0.4, -0.2) is 47.1 Å². The molecule has 0 aromatic rings. The number of rotatable bonds is 2. The topological polar surface area (TPSA) is 85.4 Å². The maximum Gasteiger partial charge on any atom is 0.334 e. The third kappa shape index (κ3) is 2.85. The minimum atomic E-state index is -0.550. The maximum absolute atomic E-state index is 12.5. The molecule has 4 rings (SSSR count). The van der Waals surface area contributed by atoms with Crippen molar-refractivity contribution in [2.24, 2.45) is 17.3 Å². The molecule has 2 saturated heterocycles. The van der Waals surface area contributed by atoms with Crippen LogP contribution in [0.25, 0.3) is 0 Å². The molecule has 8 unspecified atom stereocenters. The lowest BCUT2D eigenvalue weighted by atomic mass is 9.78. The fourth-order valence-electron chi connectivity index (χ4n) is 4.89. The Balaban J connectivity index is 1.69. The van der Waals surface area contributed by atoms with Gasteiger partial charge in [-0.1, -0.05) is 19.6 Å². The molecule has 0 radical (unpaired) electrons. The van der Waals surface area contributed by atoms with Crippen LogP contribution in [-0.2, 0) is 23.8 Å². The van der Waals surface area contributed by atoms with Gasteiger partial charge in [0.1, 0.15) is 12.2 Å². The van der Waals surface area contributed by atoms with Gasteiger partial charge in [-0.05, 0) is 27.2 Å². The number of carbonyl (C=O) groups excluding carboxylic acids is 2. The minimum absolute atomic E-state index is 0.0350. The van der Waals surface area contributed by atoms with E-state index in [1.807, 2.05) is 13.8 Å². The summed E-state index contributed by atoms with van der Waals surface area (Å²) in [5, 5.41) is 10.7. The van der Waals surface area contributed by atoms with Gasteiger partial charge in [0.2, 0.25) is 0 Å². The summed E-state index contributed by atoms with van der Waals surface area (Å²) in [5.41, 5.74) is 0.0708. The van der Waals surface area contributed by atoms with Gasteiger partial charge in [0.05, 0.1) is 23.7 Å². The van der Waals surface area contributed by atoms with Crippen molar-refractivity contribution < 1.29 is 28.9 Å². The van der Waals surface area contributed by atoms with Crippen molar-refractivity contribution in [3.05, 3.63) is 23.8 Å². The summed E-state index contributed by atoms with van der Waals surface area (Å²) in [4.78, 5) is 24.8. The van der Waals surface area contributed by atoms with Crippen LogP contribution in [0.4, 0.5) is 0 Å². The van der Waals surface area contributed by atoms with Gasteiger partial charge in [-0.15, -0.1) is 0 Å². The largest absolute Gasteiger partial charge is 0.458 e. The number of allylic oxidation sites excluding steroid dienone is 1. The average molecular weight is 376 g/mol. The van der Waals surface area contributed by atoms with E-state index in [4.69, 9.17) is 14.2 Å². The van der Waals surface area contributed by atoms with Crippen LogP contribution in [0, 0.1) is 17.3 Å². The van der Waals surface area contributed by atoms with Gasteiger partial charge in [-0.2, -0.15) is 0 Å². The molecule has 4 aliphatic rings. The third-order valence-corrected chi connectivity index (χ3v) is 7.26. The fourth-order valence-corrected chi connectivity index (χ4v) is 4.89. The number of hydrogen-bond donors (Lipinski definition) is 1. The molecular formula is C21H28O6. The first-order valence-corrected chi connectivity index (χ1v) is 9.70. The van der Waals surface area contributed by atoms with Gasteiger partial charge in [0.15, 0.2) is 0 Å². The number of aliphatic hydroxyl groups is 1. The van der Waals surface area contributed by atoms with E-state index in [1.54, 1.807) is 19.9 Å². The first-order valence-electron chi connectivity index (χ1n) is 9.70. The number of epoxide rings is 1. The van der Waals surface area contributed by atoms with Gasteiger partial charge < -0.3 is 19.3 Å². The normalized spacial score (nSPS) is 48.7. The first kappa shape index (κ1) is 18.7. The molecule has 0 aromatic heterocycles. The smallest absolute Gasteiger partial charge is 0.334 e. The molecule has 0 bridgehead atoms. The first-order chi connectivity index (χ1) is 12.6. The summed E-state index contributed by atoms with van der Waals surface area (Å²) >= 11 is 0. The van der Waals surface area contributed by atoms with E-state index >= 15 is 0 Å². The average Bonchev–Trinajstić information content (AvgIpc) is 3.44. The lowest BCUT2D eigenvalue weighted by Gasteiger charge is -2.31. The molecule has 2 saturated carbocycles. The third-order valence-electron chi connectivity index (χ3n) is 7.26. The maximum atomic E-state index is 12.5. The second-order valence-corrected chi connectivity index (χ2v) is 9.03. The minimum Gasteiger partial charge on any atom is -0.458 e. The molecule has 0 amide bonds. The zero-order valence-corrected chi connectivity index (χ0v) is 16.4. The Morgan fingerprint density at radius 1 is 1.37 bits per heavy atom. The van der Waals surface area contributed by atoms with Gasteiger partial charge >= 0.3 is 11.9 Å². The van der Waals surface area contributed by atoms with Crippen LogP contribution in [0.5, 0.6) is 0 Å². The summed E-state index contributed by atoms with van der Waals surface area (Å²) in [7, 11) is 0. The number of ether oxygens (including phenoxy) is 3. The van der Waals surface area contributed by atoms with E-state index in [2.05, 4.69) is 6.58 Å². The van der Waals surface area contributed by atoms with Gasteiger partial charge in [0.25, 0.3) is 0 Å². The monoisotopic (exact) mass is 376 g/mol. The molecule has 1 N–H and O–H groups in total. The summed E-state index contributed by atoms with van der Waals surface area (Å²) in [6, 6.07) is 0. The molecule has 2 aliphatic heterocycles. The molecule has 6 nitrogen and oxygen atoms in total. The lowest BCUT2D eigenvalue weighted by molar-refractivity contribution is -0.150. The van der Waals surface area contributed by atoms with Crippen LogP contribution < -0.4 is 0 Å². The number of fused-ring (bicyclic) bond motifs is 4. The van der Waals surface area contributed by atoms with Crippen molar-refractivity contribution in [3.8, 4) is 0 Å². The molecule has 27 heavy (non-hydrogen) atoms. The Morgan fingerprint density at radius 3 is 2.74 bits per heavy atom. The number of aliphatic hydroxyl groups excluding tert-OH is 1. The number of esters is 2. The van der Waals surface area contributed by atoms with E-state index in [0.717, 1.165) is 6.42 Å². The van der Waals surface area contributed by atoms with Crippen LogP contribution in [0.15, 0.2) is 23.8 Å². The quantitative estimate of drug-likeness (QED) is 0.452. The molecular weight excluding hydrogens is 348 g/mol. The number of carbonyl (C=O) groups is 2. The second-order valence-electron chi connectivity index (χ2n) is 9.03. The Kier molecular flexibility index (Phi) is 4.10. The Hall–Kier alpha value is -1.66. The van der Waals surface area contributed by atoms with Crippen LogP contribution in [0.3, 0.4) is 0 Å². The molecule has 0 aromatic carbocycles. The van der Waals surface area contributed by atoms with Gasteiger partial charge in [0, 0.05) is 35.3 Å². The lowest BCUT2D eigenvalue weighted by Crippen LogP contribution is -2.41. The zero-order chi connectivity index (χ0) is 19.7. The molecule has 2 heterocycles. The van der Waals surface area contributed by atoms with Crippen LogP contribution in [0.2, 0.25) is 0 Å². The number of hydrogen-bond acceptors (Lipinski definition) is 6. The summed E-state index contributed by atoms with van der Waals surface area (Å²) in [6.07, 6.45) is 1.92. The highest BCUT2D eigenvalue weighted by Crippen LogP contribution is 2.63. The van der Waals surface area contributed by atoms with Crippen LogP contribution >= 0.6 is 0 Å². The molecule has 0 spiro atoms. The van der Waals surface area contributed by atoms with Crippen LogP contribution in [0.1, 0.15) is 47.0 Å². The van der Waals surface area contributed by atoms with Crippen molar-refractivity contribution in [2.45, 2.75) is 77.0 Å². The van der Waals surface area contributed by atoms with Gasteiger partial charge in [-0.3, -0.25) is 0 Å². The highest BCUT2D eigenvalue weighted by Gasteiger charge is 2.68.